The second-order valence-electron chi connectivity index (χ2n) is 4.23. The molecule has 100 valence electrons. The van der Waals surface area contributed by atoms with Crippen LogP contribution in [0.15, 0.2) is 69.0 Å². The van der Waals surface area contributed by atoms with Gasteiger partial charge in [0.15, 0.2) is 0 Å². The summed E-state index contributed by atoms with van der Waals surface area (Å²) in [5, 5.41) is 0. The summed E-state index contributed by atoms with van der Waals surface area (Å²) in [5.41, 5.74) is 3.06. The van der Waals surface area contributed by atoms with E-state index in [4.69, 9.17) is 5.84 Å². The molecule has 0 fully saturated rings. The van der Waals surface area contributed by atoms with Crippen molar-refractivity contribution in [3.8, 4) is 11.3 Å². The molecule has 0 bridgehead atoms. The zero-order valence-corrected chi connectivity index (χ0v) is 13.8. The Morgan fingerprint density at radius 2 is 1.70 bits per heavy atom. The number of nitrogens with two attached hydrogens (primary N) is 1. The molecular formula is C15H12BrN3Se. The summed E-state index contributed by atoms with van der Waals surface area (Å²) in [6, 6.07) is 18.0. The van der Waals surface area contributed by atoms with Gasteiger partial charge in [0.1, 0.15) is 0 Å². The van der Waals surface area contributed by atoms with Gasteiger partial charge in [-0.1, -0.05) is 0 Å². The fraction of sp³-hybridized carbons (Fsp3) is 0. The molecule has 2 N–H and O–H groups in total. The van der Waals surface area contributed by atoms with E-state index in [1.165, 1.54) is 0 Å². The van der Waals surface area contributed by atoms with Crippen molar-refractivity contribution in [1.29, 1.82) is 0 Å². The minimum absolute atomic E-state index is 0.160. The first kappa shape index (κ1) is 13.4. The van der Waals surface area contributed by atoms with Crippen molar-refractivity contribution in [2.45, 2.75) is 0 Å². The van der Waals surface area contributed by atoms with Crippen LogP contribution in [0.25, 0.3) is 11.3 Å². The number of halogens is 1. The fourth-order valence-corrected chi connectivity index (χ4v) is 3.87. The van der Waals surface area contributed by atoms with Gasteiger partial charge in [-0.3, -0.25) is 0 Å². The van der Waals surface area contributed by atoms with Crippen molar-refractivity contribution in [3.63, 3.8) is 0 Å². The molecule has 0 unspecified atom stereocenters. The van der Waals surface area contributed by atoms with E-state index in [9.17, 15) is 0 Å². The Bertz CT molecular complexity index is 773. The van der Waals surface area contributed by atoms with Crippen LogP contribution in [0.1, 0.15) is 0 Å². The first-order valence-corrected chi connectivity index (χ1v) is 8.69. The van der Waals surface area contributed by atoms with Gasteiger partial charge in [0.25, 0.3) is 0 Å². The fourth-order valence-electron chi connectivity index (χ4n) is 1.85. The second kappa shape index (κ2) is 5.83. The number of hydrogen-bond acceptors (Lipinski definition) is 2. The molecule has 3 rings (SSSR count). The third-order valence-electron chi connectivity index (χ3n) is 2.86. The van der Waals surface area contributed by atoms with Crippen molar-refractivity contribution >= 4 is 36.1 Å². The molecule has 20 heavy (non-hydrogen) atoms. The molecule has 3 aromatic rings. The van der Waals surface area contributed by atoms with Crippen molar-refractivity contribution < 1.29 is 0 Å². The summed E-state index contributed by atoms with van der Waals surface area (Å²) in [6.07, 6.45) is 0. The van der Waals surface area contributed by atoms with Crippen LogP contribution in [0.4, 0.5) is 5.69 Å². The number of aromatic nitrogens is 1. The van der Waals surface area contributed by atoms with Crippen LogP contribution in [0.5, 0.6) is 0 Å². The van der Waals surface area contributed by atoms with E-state index >= 15 is 0 Å². The molecular weight excluding hydrogens is 381 g/mol. The number of para-hydroxylation sites is 1. The van der Waals surface area contributed by atoms with Gasteiger partial charge in [-0.15, -0.1) is 0 Å². The van der Waals surface area contributed by atoms with Gasteiger partial charge in [0.05, 0.1) is 0 Å². The third kappa shape index (κ3) is 2.80. The number of nitrogen functional groups attached to an aromatic ring is 1. The Morgan fingerprint density at radius 3 is 2.40 bits per heavy atom. The summed E-state index contributed by atoms with van der Waals surface area (Å²) < 4.78 is 3.67. The maximum absolute atomic E-state index is 6.18. The molecule has 0 atom stereocenters. The van der Waals surface area contributed by atoms with Crippen LogP contribution < -0.4 is 10.2 Å². The van der Waals surface area contributed by atoms with Crippen molar-refractivity contribution in [2.24, 2.45) is 4.99 Å². The zero-order valence-electron chi connectivity index (χ0n) is 10.5. The molecule has 0 saturated heterocycles. The molecule has 5 heteroatoms. The van der Waals surface area contributed by atoms with Gasteiger partial charge in [-0.25, -0.2) is 0 Å². The normalized spacial score (nSPS) is 11.8. The average Bonchev–Trinajstić information content (AvgIpc) is 2.83. The summed E-state index contributed by atoms with van der Waals surface area (Å²) in [6.45, 7) is 0. The third-order valence-corrected chi connectivity index (χ3v) is 5.15. The van der Waals surface area contributed by atoms with E-state index < -0.39 is 0 Å². The van der Waals surface area contributed by atoms with Gasteiger partial charge in [-0.05, 0) is 0 Å². The van der Waals surface area contributed by atoms with Crippen molar-refractivity contribution in [3.05, 3.63) is 68.4 Å². The van der Waals surface area contributed by atoms with E-state index in [2.05, 4.69) is 38.0 Å². The Hall–Kier alpha value is -1.55. The van der Waals surface area contributed by atoms with Crippen LogP contribution in [0, 0.1) is 0 Å². The van der Waals surface area contributed by atoms with Gasteiger partial charge in [0.2, 0.25) is 0 Å². The summed E-state index contributed by atoms with van der Waals surface area (Å²) in [7, 11) is 0. The molecule has 0 amide bonds. The van der Waals surface area contributed by atoms with E-state index in [1.54, 1.807) is 4.68 Å². The van der Waals surface area contributed by atoms with Crippen LogP contribution in [0.2, 0.25) is 0 Å². The van der Waals surface area contributed by atoms with Crippen LogP contribution in [-0.4, -0.2) is 19.2 Å². The first-order valence-electron chi connectivity index (χ1n) is 6.05. The molecule has 0 aliphatic carbocycles. The molecule has 2 aromatic carbocycles. The molecule has 0 aliphatic rings. The molecule has 0 spiro atoms. The average molecular weight is 393 g/mol. The van der Waals surface area contributed by atoms with Crippen LogP contribution in [0.3, 0.4) is 0 Å². The van der Waals surface area contributed by atoms with Gasteiger partial charge in [0, 0.05) is 0 Å². The van der Waals surface area contributed by atoms with E-state index in [0.717, 1.165) is 25.8 Å². The zero-order chi connectivity index (χ0) is 13.9. The predicted molar refractivity (Wildman–Crippen MR) is 86.3 cm³/mol. The number of hydrogen-bond donors (Lipinski definition) is 1. The number of benzene rings is 2. The predicted octanol–water partition coefficient (Wildman–Crippen LogP) is 2.92. The number of rotatable bonds is 2. The van der Waals surface area contributed by atoms with E-state index in [1.807, 2.05) is 42.5 Å². The summed E-state index contributed by atoms with van der Waals surface area (Å²) in [4.78, 5) is 6.78. The van der Waals surface area contributed by atoms with Crippen molar-refractivity contribution in [2.75, 3.05) is 5.84 Å². The van der Waals surface area contributed by atoms with Crippen LogP contribution in [-0.2, 0) is 0 Å². The SMILES string of the molecule is Nn1c(-c2ccc(Br)cc2)c[se]c1=Nc1ccccc1. The molecule has 1 aromatic heterocycles. The molecule has 1 heterocycles. The Morgan fingerprint density at radius 1 is 1.00 bits per heavy atom. The standard InChI is InChI=1S/C15H12BrN3Se/c16-12-8-6-11(7-9-12)14-10-20-15(19(14)17)18-13-4-2-1-3-5-13/h1-10H,17H2. The molecule has 3 nitrogen and oxygen atoms in total. The number of nitrogens with zero attached hydrogens (tertiary/aromatic N) is 2. The molecule has 0 saturated carbocycles. The Balaban J connectivity index is 2.05. The first-order chi connectivity index (χ1) is 9.74. The molecule has 0 radical (unpaired) electrons. The van der Waals surface area contributed by atoms with Gasteiger partial charge >= 0.3 is 131 Å². The monoisotopic (exact) mass is 393 g/mol. The minimum atomic E-state index is 0.160. The Labute approximate surface area is 131 Å². The van der Waals surface area contributed by atoms with Gasteiger partial charge < -0.3 is 0 Å². The maximum atomic E-state index is 6.18. The second-order valence-corrected chi connectivity index (χ2v) is 6.90. The van der Waals surface area contributed by atoms with Gasteiger partial charge in [-0.2, -0.15) is 0 Å². The van der Waals surface area contributed by atoms with E-state index in [-0.39, 0.29) is 14.5 Å². The topological polar surface area (TPSA) is 43.3 Å². The molecule has 0 aliphatic heterocycles. The summed E-state index contributed by atoms with van der Waals surface area (Å²) in [5.74, 6) is 6.18. The Kier molecular flexibility index (Phi) is 3.92. The summed E-state index contributed by atoms with van der Waals surface area (Å²) >= 11 is 3.60. The van der Waals surface area contributed by atoms with E-state index in [0.29, 0.717) is 0 Å². The quantitative estimate of drug-likeness (QED) is 0.528. The van der Waals surface area contributed by atoms with Crippen LogP contribution >= 0.6 is 15.9 Å². The van der Waals surface area contributed by atoms with Crippen molar-refractivity contribution in [1.82, 2.24) is 4.68 Å².